The molecule has 1 radical (unpaired) electrons. The van der Waals surface area contributed by atoms with Crippen molar-refractivity contribution in [2.75, 3.05) is 26.4 Å². The Morgan fingerprint density at radius 3 is 1.37 bits per heavy atom. The molecule has 0 fully saturated rings. The van der Waals surface area contributed by atoms with Gasteiger partial charge >= 0.3 is 29.0 Å². The van der Waals surface area contributed by atoms with E-state index in [1.807, 2.05) is 24.3 Å². The van der Waals surface area contributed by atoms with Gasteiger partial charge in [0.2, 0.25) is 0 Å². The first-order valence-corrected chi connectivity index (χ1v) is 24.7. The van der Waals surface area contributed by atoms with E-state index in [0.29, 0.717) is 99.7 Å². The largest absolute Gasteiger partial charge is 2.00 e. The first kappa shape index (κ1) is 50.7. The Bertz CT molecular complexity index is 3090. The quantitative estimate of drug-likeness (QED) is 0.0498. The number of carboxylic acid groups (broad SMARTS) is 2. The van der Waals surface area contributed by atoms with Crippen LogP contribution in [0.15, 0.2) is 90.6 Å². The summed E-state index contributed by atoms with van der Waals surface area (Å²) in [5, 5.41) is 26.4. The van der Waals surface area contributed by atoms with Gasteiger partial charge in [0.05, 0.1) is 49.2 Å². The van der Waals surface area contributed by atoms with E-state index in [0.717, 1.165) is 82.6 Å². The number of benzene rings is 4. The maximum atomic E-state index is 12.4. The van der Waals surface area contributed by atoms with E-state index in [2.05, 4.69) is 27.7 Å². The molecule has 4 aromatic carbocycles. The van der Waals surface area contributed by atoms with Gasteiger partial charge in [0.15, 0.2) is 34.7 Å². The fourth-order valence-corrected chi connectivity index (χ4v) is 8.80. The van der Waals surface area contributed by atoms with E-state index in [1.54, 1.807) is 12.1 Å². The summed E-state index contributed by atoms with van der Waals surface area (Å²) in [6.07, 6.45) is 9.99. The Labute approximate surface area is 423 Å². The summed E-state index contributed by atoms with van der Waals surface area (Å²) in [6.45, 7) is 10.6. The number of nitrogens with zero attached hydrogens (tertiary/aromatic N) is 8. The molecule has 5 heterocycles. The number of carboxylic acids is 2. The zero-order chi connectivity index (χ0) is 48.7. The van der Waals surface area contributed by atoms with E-state index in [4.69, 9.17) is 59.2 Å². The maximum Gasteiger partial charge on any atom is 2.00 e. The van der Waals surface area contributed by atoms with Crippen molar-refractivity contribution in [3.63, 3.8) is 0 Å². The summed E-state index contributed by atoms with van der Waals surface area (Å²) >= 11 is 0. The summed E-state index contributed by atoms with van der Waals surface area (Å²) in [5.74, 6) is 1.10. The molecule has 4 aliphatic heterocycles. The summed E-state index contributed by atoms with van der Waals surface area (Å²) < 4.78 is 25.9. The number of hydrogen-bond donors (Lipinski definition) is 2. The van der Waals surface area contributed by atoms with Gasteiger partial charge in [-0.3, -0.25) is 9.98 Å². The van der Waals surface area contributed by atoms with Crippen LogP contribution in [0.5, 0.6) is 23.0 Å². The van der Waals surface area contributed by atoms with Crippen molar-refractivity contribution in [1.82, 2.24) is 4.98 Å². The van der Waals surface area contributed by atoms with Crippen molar-refractivity contribution in [2.24, 2.45) is 30.0 Å². The molecule has 16 nitrogen and oxygen atoms in total. The average Bonchev–Trinajstić information content (AvgIpc) is 4.08. The first-order chi connectivity index (χ1) is 34.2. The van der Waals surface area contributed by atoms with E-state index in [1.165, 1.54) is 24.3 Å². The van der Waals surface area contributed by atoms with Gasteiger partial charge in [0, 0.05) is 33.2 Å². The fraction of sp³-hybridized carbons (Fsp3) is 0.407. The second-order valence-electron chi connectivity index (χ2n) is 17.8. The van der Waals surface area contributed by atoms with Gasteiger partial charge in [-0.1, -0.05) is 91.2 Å². The molecular weight excluding hydrogens is 952 g/mol. The minimum absolute atomic E-state index is 0. The van der Waals surface area contributed by atoms with E-state index < -0.39 is 24.3 Å². The van der Waals surface area contributed by atoms with Crippen molar-refractivity contribution in [3.8, 4) is 23.0 Å². The number of fused-ring (bicyclic) bond motifs is 18. The van der Waals surface area contributed by atoms with Crippen LogP contribution in [0.3, 0.4) is 0 Å². The first-order valence-electron chi connectivity index (χ1n) is 24.7. The molecule has 1 aromatic heterocycles. The van der Waals surface area contributed by atoms with Crippen LogP contribution in [0.1, 0.15) is 171 Å². The van der Waals surface area contributed by atoms with Crippen molar-refractivity contribution >= 4 is 46.1 Å². The van der Waals surface area contributed by atoms with Gasteiger partial charge in [-0.25, -0.2) is 19.6 Å². The predicted octanol–water partition coefficient (Wildman–Crippen LogP) is 10.2. The molecule has 2 atom stereocenters. The van der Waals surface area contributed by atoms with E-state index in [9.17, 15) is 19.8 Å². The molecule has 5 aromatic rings. The maximum absolute atomic E-state index is 12.4. The zero-order valence-electron chi connectivity index (χ0n) is 40.5. The molecule has 0 amide bonds. The Morgan fingerprint density at radius 2 is 0.887 bits per heavy atom. The third-order valence-corrected chi connectivity index (χ3v) is 12.6. The molecule has 0 spiro atoms. The Morgan fingerprint density at radius 1 is 0.479 bits per heavy atom. The van der Waals surface area contributed by atoms with Gasteiger partial charge in [-0.2, -0.15) is 0 Å². The van der Waals surface area contributed by atoms with Crippen LogP contribution in [-0.2, 0) is 17.1 Å². The number of ether oxygens (including phenoxy) is 4. The van der Waals surface area contributed by atoms with Crippen molar-refractivity contribution in [1.29, 1.82) is 0 Å². The smallest absolute Gasteiger partial charge is 0.611 e. The number of aromatic nitrogens is 1. The number of hydrogen-bond acceptors (Lipinski definition) is 12. The standard InChI is InChI=1S/C54H59N8O8.Cu/c1-5-9-13-21-67-41-27-37-38(28-42(41)68-22-14-10-6-2)51-60-49(37)58-46-33-19-17-31(53(63)64)25-35(33)47(56-46)55-45-34-20-18-32(54(65)66)26-36(34)48(57-45)59-50-39-29-43(69-23-15-11-7-3)44(70-24-16-12-8-4)30-40(39)52(61-50)62-51;/h17-20,25-30,50,52H,5-16,21-24H2,1-4H3,(H3,55,56,57,58,59,60,62,63,64,65,66);/q-1;+2/p-1. The second kappa shape index (κ2) is 23.0. The van der Waals surface area contributed by atoms with Gasteiger partial charge in [0.1, 0.15) is 0 Å². The second-order valence-corrected chi connectivity index (χ2v) is 17.8. The summed E-state index contributed by atoms with van der Waals surface area (Å²) in [5.41, 5.74) is 4.17. The Hall–Kier alpha value is -6.68. The minimum Gasteiger partial charge on any atom is -0.611 e. The molecule has 9 rings (SSSR count). The summed E-state index contributed by atoms with van der Waals surface area (Å²) in [6, 6.07) is 17.0. The van der Waals surface area contributed by atoms with Gasteiger partial charge in [-0.05, 0) is 108 Å². The number of rotatable bonds is 22. The van der Waals surface area contributed by atoms with Crippen LogP contribution in [0.25, 0.3) is 16.1 Å². The van der Waals surface area contributed by atoms with E-state index in [-0.39, 0.29) is 50.8 Å². The van der Waals surface area contributed by atoms with Gasteiger partial charge < -0.3 is 49.4 Å². The summed E-state index contributed by atoms with van der Waals surface area (Å²) in [4.78, 5) is 60.2. The van der Waals surface area contributed by atoms with Crippen molar-refractivity contribution in [2.45, 2.75) is 117 Å². The molecule has 71 heavy (non-hydrogen) atoms. The Balaban J connectivity index is 0.00000676. The number of unbranched alkanes of at least 4 members (excludes halogenated alkanes) is 8. The zero-order valence-corrected chi connectivity index (χ0v) is 41.4. The fourth-order valence-electron chi connectivity index (χ4n) is 8.80. The number of amidine groups is 4. The van der Waals surface area contributed by atoms with Gasteiger partial charge in [-0.15, -0.1) is 0 Å². The molecule has 373 valence electrons. The molecule has 0 saturated carbocycles. The molecule has 8 bridgehead atoms. The molecule has 0 aliphatic carbocycles. The molecular formula is C54H58CuN8O8. The van der Waals surface area contributed by atoms with Gasteiger partial charge in [0.25, 0.3) is 0 Å². The summed E-state index contributed by atoms with van der Waals surface area (Å²) in [7, 11) is 0. The molecule has 17 heteroatoms. The number of aliphatic imine (C=N–C) groups is 4. The van der Waals surface area contributed by atoms with Crippen LogP contribution >= 0.6 is 0 Å². The molecule has 2 unspecified atom stereocenters. The van der Waals surface area contributed by atoms with E-state index >= 15 is 0 Å². The molecule has 4 aliphatic rings. The van der Waals surface area contributed by atoms with Crippen LogP contribution in [0.4, 0.5) is 0 Å². The number of carbonyl (C=O) groups is 2. The Kier molecular flexibility index (Phi) is 16.4. The monoisotopic (exact) mass is 1010 g/mol. The third kappa shape index (κ3) is 11.0. The van der Waals surface area contributed by atoms with Crippen LogP contribution in [-0.4, -0.2) is 71.9 Å². The normalized spacial score (nSPS) is 17.5. The van der Waals surface area contributed by atoms with Crippen molar-refractivity contribution < 1.29 is 55.8 Å². The topological polar surface area (TPSA) is 214 Å². The van der Waals surface area contributed by atoms with Crippen molar-refractivity contribution in [3.05, 3.63) is 121 Å². The van der Waals surface area contributed by atoms with Crippen LogP contribution in [0.2, 0.25) is 0 Å². The van der Waals surface area contributed by atoms with Crippen LogP contribution < -0.4 is 34.9 Å². The SMILES string of the molecule is CCCCCOc1cc2c(cc1OCCCCC)/C1=N/C3[N-]C(/N=C4\N=C(N=c5[n-]c(c6ccc(C(=O)O)cc56)=NC2=N1)c1ccc(C(=O)O)cc14)c1cc(OCCCCC)c(OCCCCC)cc13.[Cu+2]. The minimum atomic E-state index is -1.12. The predicted molar refractivity (Wildman–Crippen MR) is 268 cm³/mol. The third-order valence-electron chi connectivity index (χ3n) is 12.6. The molecule has 2 N–H and O–H groups in total. The van der Waals surface area contributed by atoms with Crippen LogP contribution in [0, 0.1) is 0 Å². The average molecular weight is 1010 g/mol. The molecule has 0 saturated heterocycles. The number of aromatic carboxylic acids is 2.